The fraction of sp³-hybridized carbons (Fsp3) is 0.438. The molecular formula is C32H39N4O8Si. The van der Waals surface area contributed by atoms with Gasteiger partial charge < -0.3 is 38.5 Å². The van der Waals surface area contributed by atoms with E-state index >= 15 is 0 Å². The smallest absolute Gasteiger partial charge is 0.402 e. The molecule has 3 heterocycles. The Morgan fingerprint density at radius 2 is 1.78 bits per heavy atom. The van der Waals surface area contributed by atoms with E-state index in [2.05, 4.69) is 10.3 Å². The van der Waals surface area contributed by atoms with Gasteiger partial charge in [0.25, 0.3) is 11.8 Å². The van der Waals surface area contributed by atoms with E-state index < -0.39 is 26.4 Å². The van der Waals surface area contributed by atoms with Gasteiger partial charge in [0, 0.05) is 37.3 Å². The first-order valence-electron chi connectivity index (χ1n) is 14.9. The molecule has 45 heavy (non-hydrogen) atoms. The molecule has 0 aliphatic carbocycles. The number of oxazole rings is 1. The van der Waals surface area contributed by atoms with E-state index in [0.717, 1.165) is 16.8 Å². The summed E-state index contributed by atoms with van der Waals surface area (Å²) >= 11 is 0. The maximum absolute atomic E-state index is 13.3. The summed E-state index contributed by atoms with van der Waals surface area (Å²) in [5, 5.41) is 14.1. The lowest BCUT2D eigenvalue weighted by Crippen LogP contribution is -2.58. The van der Waals surface area contributed by atoms with Crippen molar-refractivity contribution in [3.05, 3.63) is 82.6 Å². The molecule has 0 bridgehead atoms. The second-order valence-corrected chi connectivity index (χ2v) is 14.6. The van der Waals surface area contributed by atoms with Crippen LogP contribution in [0.2, 0.25) is 0 Å². The number of aryl methyl sites for hydroxylation is 1. The molecule has 12 nitrogen and oxygen atoms in total. The summed E-state index contributed by atoms with van der Waals surface area (Å²) in [4.78, 5) is 44.9. The van der Waals surface area contributed by atoms with E-state index in [1.807, 2.05) is 25.1 Å². The van der Waals surface area contributed by atoms with Crippen molar-refractivity contribution in [2.45, 2.75) is 58.2 Å². The first-order valence-corrected chi connectivity index (χ1v) is 16.6. The standard InChI is InChI=1S/C32H39N4O8Si/c1-21-27(43-20-34-21)18-42-26-10-9-24-19-45(36(17-25(24)15-26)31(40)44-32(2,3)4)28(37)16-33-29(38)22-5-7-23(8-6-22)30(39)35-11-13-41-14-12-35/h5-10,15,20,28,37H,11-14,16-19H2,1-4H3,(H,33,38)/t28-/m0/s1. The number of benzene rings is 2. The molecule has 3 amide bonds. The molecule has 2 N–H and O–H groups in total. The van der Waals surface area contributed by atoms with E-state index in [1.54, 1.807) is 54.5 Å². The molecule has 1 atom stereocenters. The second kappa shape index (κ2) is 13.8. The molecule has 5 rings (SSSR count). The molecule has 1 aromatic heterocycles. The molecule has 13 heteroatoms. The number of fused-ring (bicyclic) bond motifs is 1. The molecule has 0 saturated carbocycles. The summed E-state index contributed by atoms with van der Waals surface area (Å²) in [6, 6.07) is 12.6. The van der Waals surface area contributed by atoms with E-state index in [-0.39, 0.29) is 31.5 Å². The van der Waals surface area contributed by atoms with Gasteiger partial charge in [-0.05, 0) is 81.3 Å². The SMILES string of the molecule is Cc1ncoc1COc1ccc2c(c1)CN(C(=O)OC(C)(C)C)[Si]([C@H](O)CNC(=O)c1ccc(C(=O)N3CCOCC3)cc1)C2. The molecule has 2 aromatic carbocycles. The van der Waals surface area contributed by atoms with Crippen LogP contribution in [0.25, 0.3) is 0 Å². The number of aliphatic hydroxyl groups is 1. The topological polar surface area (TPSA) is 144 Å². The number of nitrogens with zero attached hydrogens (tertiary/aromatic N) is 3. The number of carbonyl (C=O) groups excluding carboxylic acids is 3. The van der Waals surface area contributed by atoms with E-state index in [9.17, 15) is 19.5 Å². The lowest BCUT2D eigenvalue weighted by Gasteiger charge is -2.38. The lowest BCUT2D eigenvalue weighted by atomic mass is 10.1. The van der Waals surface area contributed by atoms with Crippen molar-refractivity contribution >= 4 is 26.9 Å². The summed E-state index contributed by atoms with van der Waals surface area (Å²) in [6.45, 7) is 9.73. The molecule has 1 fully saturated rings. The minimum Gasteiger partial charge on any atom is -0.486 e. The molecule has 0 unspecified atom stereocenters. The zero-order valence-corrected chi connectivity index (χ0v) is 27.0. The van der Waals surface area contributed by atoms with Crippen molar-refractivity contribution in [2.75, 3.05) is 32.8 Å². The van der Waals surface area contributed by atoms with Gasteiger partial charge in [-0.15, -0.1) is 0 Å². The van der Waals surface area contributed by atoms with Gasteiger partial charge in [0.05, 0.1) is 24.6 Å². The van der Waals surface area contributed by atoms with Crippen molar-refractivity contribution in [3.8, 4) is 5.75 Å². The number of rotatable bonds is 8. The predicted octanol–water partition coefficient (Wildman–Crippen LogP) is 3.19. The molecular weight excluding hydrogens is 596 g/mol. The Morgan fingerprint density at radius 1 is 1.07 bits per heavy atom. The highest BCUT2D eigenvalue weighted by Gasteiger charge is 2.39. The van der Waals surface area contributed by atoms with Crippen molar-refractivity contribution in [1.82, 2.24) is 19.8 Å². The predicted molar refractivity (Wildman–Crippen MR) is 165 cm³/mol. The van der Waals surface area contributed by atoms with Crippen LogP contribution in [0.15, 0.2) is 53.3 Å². The van der Waals surface area contributed by atoms with E-state index in [4.69, 9.17) is 18.6 Å². The normalized spacial score (nSPS) is 16.1. The van der Waals surface area contributed by atoms with Crippen LogP contribution < -0.4 is 10.1 Å². The molecule has 239 valence electrons. The minimum absolute atomic E-state index is 0.0477. The molecule has 3 aromatic rings. The number of nitrogens with one attached hydrogen (secondary N) is 1. The van der Waals surface area contributed by atoms with Gasteiger partial charge in [-0.25, -0.2) is 9.78 Å². The van der Waals surface area contributed by atoms with Crippen LogP contribution in [0, 0.1) is 6.92 Å². The number of hydrogen-bond acceptors (Lipinski definition) is 9. The maximum Gasteiger partial charge on any atom is 0.402 e. The number of carbonyl (C=O) groups is 3. The number of hydrogen-bond donors (Lipinski definition) is 2. The van der Waals surface area contributed by atoms with Crippen LogP contribution in [-0.4, -0.2) is 90.6 Å². The third-order valence-electron chi connectivity index (χ3n) is 7.59. The fourth-order valence-electron chi connectivity index (χ4n) is 5.11. The highest BCUT2D eigenvalue weighted by atomic mass is 28.3. The Labute approximate surface area is 263 Å². The highest BCUT2D eigenvalue weighted by molar-refractivity contribution is 6.59. The first kappa shape index (κ1) is 32.2. The number of morpholine rings is 1. The number of aromatic nitrogens is 1. The molecule has 0 spiro atoms. The molecule has 1 saturated heterocycles. The van der Waals surface area contributed by atoms with Crippen LogP contribution in [-0.2, 0) is 28.7 Å². The van der Waals surface area contributed by atoms with Crippen LogP contribution in [0.5, 0.6) is 5.75 Å². The van der Waals surface area contributed by atoms with Crippen molar-refractivity contribution < 1.29 is 38.1 Å². The summed E-state index contributed by atoms with van der Waals surface area (Å²) < 4.78 is 23.9. The zero-order chi connectivity index (χ0) is 32.1. The number of aliphatic hydroxyl groups excluding tert-OH is 1. The number of ether oxygens (including phenoxy) is 3. The lowest BCUT2D eigenvalue weighted by molar-refractivity contribution is 0.0302. The van der Waals surface area contributed by atoms with Crippen molar-refractivity contribution in [1.29, 1.82) is 0 Å². The Kier molecular flexibility index (Phi) is 9.90. The quantitative estimate of drug-likeness (QED) is 0.357. The summed E-state index contributed by atoms with van der Waals surface area (Å²) in [5.74, 6) is 0.769. The van der Waals surface area contributed by atoms with Gasteiger partial charge in [-0.2, -0.15) is 0 Å². The minimum atomic E-state index is -1.94. The summed E-state index contributed by atoms with van der Waals surface area (Å²) in [7, 11) is -1.94. The Morgan fingerprint density at radius 3 is 2.44 bits per heavy atom. The largest absolute Gasteiger partial charge is 0.486 e. The molecule has 1 radical (unpaired) electrons. The summed E-state index contributed by atoms with van der Waals surface area (Å²) in [6.07, 6.45) is 0.860. The maximum atomic E-state index is 13.3. The fourth-order valence-corrected chi connectivity index (χ4v) is 7.62. The average molecular weight is 636 g/mol. The van der Waals surface area contributed by atoms with Gasteiger partial charge in [-0.3, -0.25) is 9.59 Å². The van der Waals surface area contributed by atoms with Gasteiger partial charge >= 0.3 is 6.09 Å². The monoisotopic (exact) mass is 635 g/mol. The second-order valence-electron chi connectivity index (χ2n) is 12.0. The van der Waals surface area contributed by atoms with Crippen LogP contribution >= 0.6 is 0 Å². The number of amides is 3. The van der Waals surface area contributed by atoms with Gasteiger partial charge in [0.1, 0.15) is 18.0 Å². The zero-order valence-electron chi connectivity index (χ0n) is 26.0. The highest BCUT2D eigenvalue weighted by Crippen LogP contribution is 2.29. The first-order chi connectivity index (χ1) is 21.5. The molecule has 2 aliphatic rings. The third-order valence-corrected chi connectivity index (χ3v) is 10.3. The Hall–Kier alpha value is -4.20. The van der Waals surface area contributed by atoms with Crippen LogP contribution in [0.1, 0.15) is 64.1 Å². The van der Waals surface area contributed by atoms with Gasteiger partial charge in [0.15, 0.2) is 12.2 Å². The van der Waals surface area contributed by atoms with Gasteiger partial charge in [0.2, 0.25) is 8.96 Å². The van der Waals surface area contributed by atoms with Gasteiger partial charge in [-0.1, -0.05) is 6.07 Å². The van der Waals surface area contributed by atoms with Crippen LogP contribution in [0.3, 0.4) is 0 Å². The average Bonchev–Trinajstić information content (AvgIpc) is 3.45. The van der Waals surface area contributed by atoms with E-state index in [0.29, 0.717) is 55.0 Å². The van der Waals surface area contributed by atoms with Crippen LogP contribution in [0.4, 0.5) is 4.79 Å². The Balaban J connectivity index is 1.24. The third kappa shape index (κ3) is 8.10. The van der Waals surface area contributed by atoms with Crippen molar-refractivity contribution in [2.24, 2.45) is 0 Å². The van der Waals surface area contributed by atoms with Crippen molar-refractivity contribution in [3.63, 3.8) is 0 Å². The molecule has 2 aliphatic heterocycles. The summed E-state index contributed by atoms with van der Waals surface area (Å²) in [5.41, 5.74) is 1.81. The Bertz CT molecular complexity index is 1510. The van der Waals surface area contributed by atoms with E-state index in [1.165, 1.54) is 6.39 Å².